The van der Waals surface area contributed by atoms with Crippen molar-refractivity contribution in [2.45, 2.75) is 63.0 Å². The van der Waals surface area contributed by atoms with Gasteiger partial charge in [-0.05, 0) is 18.6 Å². The SMILES string of the molecule is CCCCCCCNC(=O)c1ccccc1SC(C)C. The van der Waals surface area contributed by atoms with Crippen LogP contribution in [-0.2, 0) is 0 Å². The molecule has 0 radical (unpaired) electrons. The van der Waals surface area contributed by atoms with Crippen LogP contribution in [0.3, 0.4) is 0 Å². The van der Waals surface area contributed by atoms with Crippen molar-refractivity contribution in [2.24, 2.45) is 0 Å². The Balaban J connectivity index is 2.43. The minimum Gasteiger partial charge on any atom is -0.352 e. The second-order valence-corrected chi connectivity index (χ2v) is 6.95. The van der Waals surface area contributed by atoms with Gasteiger partial charge < -0.3 is 5.32 Å². The standard InChI is InChI=1S/C17H27NOS/c1-4-5-6-7-10-13-18-17(19)15-11-8-9-12-16(15)20-14(2)3/h8-9,11-12,14H,4-7,10,13H2,1-3H3,(H,18,19). The zero-order valence-electron chi connectivity index (χ0n) is 12.9. The van der Waals surface area contributed by atoms with Crippen molar-refractivity contribution in [3.63, 3.8) is 0 Å². The predicted molar refractivity (Wildman–Crippen MR) is 88.5 cm³/mol. The van der Waals surface area contributed by atoms with E-state index in [1.54, 1.807) is 11.8 Å². The fourth-order valence-electron chi connectivity index (χ4n) is 2.04. The monoisotopic (exact) mass is 293 g/mol. The molecular weight excluding hydrogens is 266 g/mol. The van der Waals surface area contributed by atoms with Crippen molar-refractivity contribution in [2.75, 3.05) is 6.54 Å². The molecule has 0 aliphatic heterocycles. The number of nitrogens with one attached hydrogen (secondary N) is 1. The Kier molecular flexibility index (Phi) is 8.43. The Morgan fingerprint density at radius 3 is 2.55 bits per heavy atom. The van der Waals surface area contributed by atoms with E-state index in [1.807, 2.05) is 24.3 Å². The molecule has 3 heteroatoms. The van der Waals surface area contributed by atoms with Gasteiger partial charge in [0.05, 0.1) is 5.56 Å². The molecule has 0 unspecified atom stereocenters. The first kappa shape index (κ1) is 17.1. The lowest BCUT2D eigenvalue weighted by atomic mass is 10.1. The van der Waals surface area contributed by atoms with Gasteiger partial charge in [-0.25, -0.2) is 0 Å². The van der Waals surface area contributed by atoms with E-state index in [4.69, 9.17) is 0 Å². The highest BCUT2D eigenvalue weighted by Crippen LogP contribution is 2.26. The van der Waals surface area contributed by atoms with Crippen LogP contribution >= 0.6 is 11.8 Å². The third-order valence-corrected chi connectivity index (χ3v) is 4.14. The second kappa shape index (κ2) is 9.87. The number of carbonyl (C=O) groups is 1. The summed E-state index contributed by atoms with van der Waals surface area (Å²) in [5.74, 6) is 0.0595. The van der Waals surface area contributed by atoms with Crippen LogP contribution in [-0.4, -0.2) is 17.7 Å². The fraction of sp³-hybridized carbons (Fsp3) is 0.588. The van der Waals surface area contributed by atoms with Gasteiger partial charge in [0.25, 0.3) is 5.91 Å². The van der Waals surface area contributed by atoms with E-state index in [1.165, 1.54) is 25.7 Å². The van der Waals surface area contributed by atoms with Crippen molar-refractivity contribution in [3.05, 3.63) is 29.8 Å². The summed E-state index contributed by atoms with van der Waals surface area (Å²) < 4.78 is 0. The van der Waals surface area contributed by atoms with E-state index >= 15 is 0 Å². The van der Waals surface area contributed by atoms with Gasteiger partial charge in [-0.15, -0.1) is 11.8 Å². The van der Waals surface area contributed by atoms with E-state index in [0.717, 1.165) is 23.4 Å². The molecule has 0 aliphatic rings. The molecule has 0 heterocycles. The lowest BCUT2D eigenvalue weighted by Crippen LogP contribution is -2.25. The Morgan fingerprint density at radius 1 is 1.15 bits per heavy atom. The number of carbonyl (C=O) groups excluding carboxylic acids is 1. The molecule has 0 saturated carbocycles. The minimum atomic E-state index is 0.0595. The summed E-state index contributed by atoms with van der Waals surface area (Å²) in [5, 5.41) is 3.52. The summed E-state index contributed by atoms with van der Waals surface area (Å²) in [5.41, 5.74) is 0.805. The normalized spacial score (nSPS) is 10.8. The van der Waals surface area contributed by atoms with Crippen LogP contribution in [0, 0.1) is 0 Å². The number of hydrogen-bond donors (Lipinski definition) is 1. The molecule has 0 atom stereocenters. The minimum absolute atomic E-state index is 0.0595. The summed E-state index contributed by atoms with van der Waals surface area (Å²) in [6.45, 7) is 7.29. The molecule has 0 aliphatic carbocycles. The van der Waals surface area contributed by atoms with Gasteiger partial charge in [0.2, 0.25) is 0 Å². The van der Waals surface area contributed by atoms with Gasteiger partial charge >= 0.3 is 0 Å². The van der Waals surface area contributed by atoms with E-state index in [-0.39, 0.29) is 5.91 Å². The molecule has 1 rings (SSSR count). The molecule has 0 bridgehead atoms. The zero-order valence-corrected chi connectivity index (χ0v) is 13.8. The van der Waals surface area contributed by atoms with Crippen LogP contribution in [0.1, 0.15) is 63.2 Å². The highest BCUT2D eigenvalue weighted by Gasteiger charge is 2.11. The number of unbranched alkanes of at least 4 members (excludes halogenated alkanes) is 4. The van der Waals surface area contributed by atoms with Crippen molar-refractivity contribution >= 4 is 17.7 Å². The molecule has 2 nitrogen and oxygen atoms in total. The second-order valence-electron chi connectivity index (χ2n) is 5.33. The number of hydrogen-bond acceptors (Lipinski definition) is 2. The molecule has 0 saturated heterocycles. The Labute approximate surface area is 127 Å². The lowest BCUT2D eigenvalue weighted by molar-refractivity contribution is 0.0950. The summed E-state index contributed by atoms with van der Waals surface area (Å²) in [6, 6.07) is 7.87. The van der Waals surface area contributed by atoms with Gasteiger partial charge in [0.15, 0.2) is 0 Å². The first-order valence-corrected chi connectivity index (χ1v) is 8.57. The van der Waals surface area contributed by atoms with E-state index in [9.17, 15) is 4.79 Å². The van der Waals surface area contributed by atoms with Crippen molar-refractivity contribution in [3.8, 4) is 0 Å². The third kappa shape index (κ3) is 6.47. The quantitative estimate of drug-likeness (QED) is 0.519. The molecule has 0 aromatic heterocycles. The van der Waals surface area contributed by atoms with Gasteiger partial charge in [0, 0.05) is 16.7 Å². The van der Waals surface area contributed by atoms with Crippen LogP contribution in [0.15, 0.2) is 29.2 Å². The zero-order chi connectivity index (χ0) is 14.8. The number of benzene rings is 1. The maximum absolute atomic E-state index is 12.2. The lowest BCUT2D eigenvalue weighted by Gasteiger charge is -2.11. The summed E-state index contributed by atoms with van der Waals surface area (Å²) >= 11 is 1.74. The maximum atomic E-state index is 12.2. The Morgan fingerprint density at radius 2 is 1.85 bits per heavy atom. The highest BCUT2D eigenvalue weighted by atomic mass is 32.2. The first-order chi connectivity index (χ1) is 9.65. The molecule has 0 fully saturated rings. The largest absolute Gasteiger partial charge is 0.352 e. The number of thioether (sulfide) groups is 1. The molecule has 1 aromatic rings. The maximum Gasteiger partial charge on any atom is 0.252 e. The average Bonchev–Trinajstić information content (AvgIpc) is 2.42. The number of rotatable bonds is 9. The van der Waals surface area contributed by atoms with Crippen LogP contribution < -0.4 is 5.32 Å². The number of amides is 1. The van der Waals surface area contributed by atoms with Crippen molar-refractivity contribution < 1.29 is 4.79 Å². The fourth-order valence-corrected chi connectivity index (χ4v) is 2.99. The average molecular weight is 293 g/mol. The molecule has 1 aromatic carbocycles. The highest BCUT2D eigenvalue weighted by molar-refractivity contribution is 8.00. The van der Waals surface area contributed by atoms with Crippen LogP contribution in [0.4, 0.5) is 0 Å². The van der Waals surface area contributed by atoms with Crippen LogP contribution in [0.2, 0.25) is 0 Å². The molecular formula is C17H27NOS. The third-order valence-electron chi connectivity index (χ3n) is 3.06. The van der Waals surface area contributed by atoms with Crippen LogP contribution in [0.25, 0.3) is 0 Å². The Bertz CT molecular complexity index is 404. The molecule has 1 N–H and O–H groups in total. The van der Waals surface area contributed by atoms with Crippen molar-refractivity contribution in [1.29, 1.82) is 0 Å². The van der Waals surface area contributed by atoms with E-state index in [2.05, 4.69) is 26.1 Å². The first-order valence-electron chi connectivity index (χ1n) is 7.69. The molecule has 0 spiro atoms. The van der Waals surface area contributed by atoms with Gasteiger partial charge in [-0.1, -0.05) is 58.6 Å². The molecule has 1 amide bonds. The van der Waals surface area contributed by atoms with E-state index in [0.29, 0.717) is 5.25 Å². The van der Waals surface area contributed by atoms with Gasteiger partial charge in [-0.3, -0.25) is 4.79 Å². The summed E-state index contributed by atoms with van der Waals surface area (Å²) in [7, 11) is 0. The summed E-state index contributed by atoms with van der Waals surface area (Å²) in [4.78, 5) is 13.3. The molecule has 20 heavy (non-hydrogen) atoms. The van der Waals surface area contributed by atoms with Crippen molar-refractivity contribution in [1.82, 2.24) is 5.32 Å². The Hall–Kier alpha value is -0.960. The van der Waals surface area contributed by atoms with E-state index < -0.39 is 0 Å². The predicted octanol–water partition coefficient (Wildman–Crippen LogP) is 4.89. The van der Waals surface area contributed by atoms with Gasteiger partial charge in [0.1, 0.15) is 0 Å². The molecule has 112 valence electrons. The smallest absolute Gasteiger partial charge is 0.252 e. The van der Waals surface area contributed by atoms with Crippen LogP contribution in [0.5, 0.6) is 0 Å². The van der Waals surface area contributed by atoms with Gasteiger partial charge in [-0.2, -0.15) is 0 Å². The summed E-state index contributed by atoms with van der Waals surface area (Å²) in [6.07, 6.45) is 6.10. The topological polar surface area (TPSA) is 29.1 Å².